The Balaban J connectivity index is 3.13. The molecule has 1 rings (SSSR count). The summed E-state index contributed by atoms with van der Waals surface area (Å²) in [4.78, 5) is 21.4. The van der Waals surface area contributed by atoms with Crippen molar-refractivity contribution >= 4 is 11.8 Å². The van der Waals surface area contributed by atoms with E-state index in [0.29, 0.717) is 0 Å². The largest absolute Gasteiger partial charge is 0.481 e. The fourth-order valence-corrected chi connectivity index (χ4v) is 1.13. The van der Waals surface area contributed by atoms with E-state index in [1.165, 1.54) is 7.05 Å². The highest BCUT2D eigenvalue weighted by molar-refractivity contribution is 6.06. The molecule has 1 aromatic rings. The summed E-state index contributed by atoms with van der Waals surface area (Å²) >= 11 is 0. The monoisotopic (exact) mass is 236 g/mol. The molecule has 16 heavy (non-hydrogen) atoms. The van der Waals surface area contributed by atoms with Crippen molar-refractivity contribution in [3.8, 4) is 0 Å². The quantitative estimate of drug-likeness (QED) is 0.630. The standard InChI is InChI=1S/C8H7F3N2O3/c1-13-3-4(5(14)2-6(15)16)7(12-13)8(9,10)11/h3H,2H2,1H3,(H,15,16). The van der Waals surface area contributed by atoms with Crippen molar-refractivity contribution < 1.29 is 27.9 Å². The first-order valence-electron chi connectivity index (χ1n) is 4.07. The highest BCUT2D eigenvalue weighted by Crippen LogP contribution is 2.30. The zero-order valence-electron chi connectivity index (χ0n) is 8.08. The minimum Gasteiger partial charge on any atom is -0.481 e. The number of carbonyl (C=O) groups excluding carboxylic acids is 1. The van der Waals surface area contributed by atoms with Gasteiger partial charge in [-0.25, -0.2) is 0 Å². The van der Waals surface area contributed by atoms with Crippen molar-refractivity contribution in [3.63, 3.8) is 0 Å². The number of hydrogen-bond acceptors (Lipinski definition) is 3. The molecule has 0 radical (unpaired) electrons. The number of alkyl halides is 3. The Morgan fingerprint density at radius 1 is 1.50 bits per heavy atom. The summed E-state index contributed by atoms with van der Waals surface area (Å²) < 4.78 is 38.0. The molecule has 5 nitrogen and oxygen atoms in total. The summed E-state index contributed by atoms with van der Waals surface area (Å²) in [6, 6.07) is 0. The van der Waals surface area contributed by atoms with E-state index in [1.54, 1.807) is 0 Å². The number of carboxylic acids is 1. The Bertz CT molecular complexity index is 436. The van der Waals surface area contributed by atoms with Crippen molar-refractivity contribution in [2.75, 3.05) is 0 Å². The molecule has 0 fully saturated rings. The number of nitrogens with zero attached hydrogens (tertiary/aromatic N) is 2. The molecule has 0 spiro atoms. The molecule has 0 unspecified atom stereocenters. The van der Waals surface area contributed by atoms with Gasteiger partial charge in [-0.2, -0.15) is 18.3 Å². The van der Waals surface area contributed by atoms with Crippen LogP contribution in [0.1, 0.15) is 22.5 Å². The van der Waals surface area contributed by atoms with Gasteiger partial charge in [0.1, 0.15) is 6.42 Å². The molecular weight excluding hydrogens is 229 g/mol. The second-order valence-electron chi connectivity index (χ2n) is 3.06. The van der Waals surface area contributed by atoms with Crippen molar-refractivity contribution in [2.45, 2.75) is 12.6 Å². The lowest BCUT2D eigenvalue weighted by molar-refractivity contribution is -0.142. The number of halogens is 3. The van der Waals surface area contributed by atoms with Gasteiger partial charge in [-0.05, 0) is 0 Å². The zero-order valence-corrected chi connectivity index (χ0v) is 8.08. The molecule has 0 aliphatic heterocycles. The predicted molar refractivity (Wildman–Crippen MR) is 44.8 cm³/mol. The Hall–Kier alpha value is -1.86. The lowest BCUT2D eigenvalue weighted by Crippen LogP contribution is -2.14. The summed E-state index contributed by atoms with van der Waals surface area (Å²) in [6.45, 7) is 0. The maximum atomic E-state index is 12.4. The van der Waals surface area contributed by atoms with E-state index in [-0.39, 0.29) is 0 Å². The second kappa shape index (κ2) is 3.95. The minimum atomic E-state index is -4.77. The third-order valence-electron chi connectivity index (χ3n) is 1.71. The van der Waals surface area contributed by atoms with Gasteiger partial charge in [-0.3, -0.25) is 14.3 Å². The van der Waals surface area contributed by atoms with E-state index in [9.17, 15) is 22.8 Å². The molecule has 0 amide bonds. The Kier molecular flexibility index (Phi) is 3.02. The van der Waals surface area contributed by atoms with Gasteiger partial charge in [-0.1, -0.05) is 0 Å². The highest BCUT2D eigenvalue weighted by atomic mass is 19.4. The predicted octanol–water partition coefficient (Wildman–Crippen LogP) is 1.10. The van der Waals surface area contributed by atoms with E-state index < -0.39 is 35.6 Å². The summed E-state index contributed by atoms with van der Waals surface area (Å²) in [7, 11) is 1.22. The highest BCUT2D eigenvalue weighted by Gasteiger charge is 2.39. The first-order valence-corrected chi connectivity index (χ1v) is 4.07. The number of hydrogen-bond donors (Lipinski definition) is 1. The van der Waals surface area contributed by atoms with Crippen LogP contribution in [0, 0.1) is 0 Å². The fraction of sp³-hybridized carbons (Fsp3) is 0.375. The molecule has 0 saturated carbocycles. The van der Waals surface area contributed by atoms with Crippen molar-refractivity contribution in [3.05, 3.63) is 17.5 Å². The molecule has 0 aromatic carbocycles. The third kappa shape index (κ3) is 2.59. The van der Waals surface area contributed by atoms with Crippen LogP contribution in [0.2, 0.25) is 0 Å². The van der Waals surface area contributed by atoms with Gasteiger partial charge < -0.3 is 5.11 Å². The van der Waals surface area contributed by atoms with Gasteiger partial charge in [0, 0.05) is 13.2 Å². The number of aryl methyl sites for hydroxylation is 1. The summed E-state index contributed by atoms with van der Waals surface area (Å²) in [5.41, 5.74) is -2.08. The molecule has 0 atom stereocenters. The lowest BCUT2D eigenvalue weighted by atomic mass is 10.1. The Labute approximate surface area is 87.5 Å². The smallest absolute Gasteiger partial charge is 0.435 e. The van der Waals surface area contributed by atoms with Crippen LogP contribution in [0.4, 0.5) is 13.2 Å². The van der Waals surface area contributed by atoms with Gasteiger partial charge >= 0.3 is 12.1 Å². The molecule has 1 N–H and O–H groups in total. The van der Waals surface area contributed by atoms with Crippen LogP contribution in [0.3, 0.4) is 0 Å². The molecule has 88 valence electrons. The van der Waals surface area contributed by atoms with Crippen LogP contribution in [-0.2, 0) is 18.0 Å². The maximum Gasteiger partial charge on any atom is 0.435 e. The van der Waals surface area contributed by atoms with Crippen LogP contribution in [0.25, 0.3) is 0 Å². The summed E-state index contributed by atoms with van der Waals surface area (Å²) in [5, 5.41) is 11.4. The van der Waals surface area contributed by atoms with E-state index in [2.05, 4.69) is 5.10 Å². The average molecular weight is 236 g/mol. The first kappa shape index (κ1) is 12.2. The molecule has 1 heterocycles. The topological polar surface area (TPSA) is 72.2 Å². The van der Waals surface area contributed by atoms with Crippen LogP contribution in [-0.4, -0.2) is 26.6 Å². The number of aliphatic carboxylic acids is 1. The van der Waals surface area contributed by atoms with Gasteiger partial charge in [-0.15, -0.1) is 0 Å². The number of carbonyl (C=O) groups is 2. The minimum absolute atomic E-state index is 0.725. The number of Topliss-reactive ketones (excluding diaryl/α,β-unsaturated/α-hetero) is 1. The molecule has 0 aliphatic rings. The van der Waals surface area contributed by atoms with E-state index in [1.807, 2.05) is 0 Å². The van der Waals surface area contributed by atoms with Gasteiger partial charge in [0.05, 0.1) is 5.56 Å². The zero-order chi connectivity index (χ0) is 12.5. The Morgan fingerprint density at radius 2 is 2.06 bits per heavy atom. The average Bonchev–Trinajstić information content (AvgIpc) is 2.45. The van der Waals surface area contributed by atoms with Gasteiger partial charge in [0.25, 0.3) is 0 Å². The third-order valence-corrected chi connectivity index (χ3v) is 1.71. The van der Waals surface area contributed by atoms with Crippen LogP contribution in [0.15, 0.2) is 6.20 Å². The van der Waals surface area contributed by atoms with Gasteiger partial charge in [0.15, 0.2) is 11.5 Å². The SMILES string of the molecule is Cn1cc(C(=O)CC(=O)O)c(C(F)(F)F)n1. The number of rotatable bonds is 3. The van der Waals surface area contributed by atoms with Crippen LogP contribution >= 0.6 is 0 Å². The normalized spacial score (nSPS) is 11.5. The van der Waals surface area contributed by atoms with Crippen molar-refractivity contribution in [2.24, 2.45) is 7.05 Å². The summed E-state index contributed by atoms with van der Waals surface area (Å²) in [5.74, 6) is -2.60. The first-order chi connectivity index (χ1) is 7.21. The van der Waals surface area contributed by atoms with E-state index in [4.69, 9.17) is 5.11 Å². The van der Waals surface area contributed by atoms with Crippen LogP contribution < -0.4 is 0 Å². The lowest BCUT2D eigenvalue weighted by Gasteiger charge is -2.03. The van der Waals surface area contributed by atoms with Crippen LogP contribution in [0.5, 0.6) is 0 Å². The van der Waals surface area contributed by atoms with Crippen molar-refractivity contribution in [1.82, 2.24) is 9.78 Å². The molecular formula is C8H7F3N2O3. The van der Waals surface area contributed by atoms with Gasteiger partial charge in [0.2, 0.25) is 0 Å². The van der Waals surface area contributed by atoms with E-state index >= 15 is 0 Å². The second-order valence-corrected chi connectivity index (χ2v) is 3.06. The molecule has 0 bridgehead atoms. The molecule has 8 heteroatoms. The number of aromatic nitrogens is 2. The molecule has 0 aliphatic carbocycles. The van der Waals surface area contributed by atoms with Crippen molar-refractivity contribution in [1.29, 1.82) is 0 Å². The molecule has 0 saturated heterocycles. The Morgan fingerprint density at radius 3 is 2.50 bits per heavy atom. The fourth-order valence-electron chi connectivity index (χ4n) is 1.13. The van der Waals surface area contributed by atoms with E-state index in [0.717, 1.165) is 10.9 Å². The summed E-state index contributed by atoms with van der Waals surface area (Å²) in [6.07, 6.45) is -4.91. The molecule has 1 aromatic heterocycles. The number of ketones is 1. The maximum absolute atomic E-state index is 12.4. The number of carboxylic acid groups (broad SMARTS) is 1.